The van der Waals surface area contributed by atoms with Crippen molar-refractivity contribution in [2.24, 2.45) is 17.8 Å². The summed E-state index contributed by atoms with van der Waals surface area (Å²) in [5, 5.41) is 29.5. The maximum Gasteiger partial charge on any atom is 0.305 e. The highest BCUT2D eigenvalue weighted by Gasteiger charge is 2.43. The SMILES string of the molecule is O=C(CCC[C@H]1CC[C@@H]2[C@@H](/C=C/[C@@H](O)COc3cc(F)ccc3F)[C@H](O)C[C@@H]2OC1)OCCCO. The molecule has 6 atom stereocenters. The van der Waals surface area contributed by atoms with Crippen LogP contribution < -0.4 is 4.74 Å². The minimum atomic E-state index is -1.04. The van der Waals surface area contributed by atoms with E-state index >= 15 is 0 Å². The summed E-state index contributed by atoms with van der Waals surface area (Å²) < 4.78 is 43.3. The molecule has 3 rings (SSSR count). The van der Waals surface area contributed by atoms with E-state index in [2.05, 4.69) is 0 Å². The van der Waals surface area contributed by atoms with Crippen LogP contribution in [0.4, 0.5) is 8.78 Å². The Bertz CT molecular complexity index is 834. The summed E-state index contributed by atoms with van der Waals surface area (Å²) in [7, 11) is 0. The molecule has 3 N–H and O–H groups in total. The smallest absolute Gasteiger partial charge is 0.305 e. The van der Waals surface area contributed by atoms with E-state index in [1.54, 1.807) is 6.08 Å². The van der Waals surface area contributed by atoms with E-state index in [-0.39, 0.29) is 49.5 Å². The van der Waals surface area contributed by atoms with Gasteiger partial charge in [0, 0.05) is 44.5 Å². The van der Waals surface area contributed by atoms with Crippen LogP contribution in [0.15, 0.2) is 30.4 Å². The van der Waals surface area contributed by atoms with Crippen LogP contribution in [-0.4, -0.2) is 66.0 Å². The van der Waals surface area contributed by atoms with E-state index in [0.717, 1.165) is 37.5 Å². The van der Waals surface area contributed by atoms with Crippen LogP contribution in [-0.2, 0) is 14.3 Å². The van der Waals surface area contributed by atoms with Crippen LogP contribution in [0, 0.1) is 29.4 Å². The van der Waals surface area contributed by atoms with Crippen molar-refractivity contribution in [2.75, 3.05) is 26.4 Å². The highest BCUT2D eigenvalue weighted by atomic mass is 19.1. The molecule has 196 valence electrons. The maximum absolute atomic E-state index is 13.7. The second-order valence-corrected chi connectivity index (χ2v) is 9.39. The van der Waals surface area contributed by atoms with Gasteiger partial charge in [-0.15, -0.1) is 0 Å². The first-order valence-corrected chi connectivity index (χ1v) is 12.4. The average molecular weight is 499 g/mol. The number of aliphatic hydroxyl groups excluding tert-OH is 3. The lowest BCUT2D eigenvalue weighted by molar-refractivity contribution is -0.144. The van der Waals surface area contributed by atoms with Gasteiger partial charge in [-0.25, -0.2) is 8.78 Å². The van der Waals surface area contributed by atoms with Crippen LogP contribution in [0.5, 0.6) is 5.75 Å². The number of ether oxygens (including phenoxy) is 3. The Kier molecular flexibility index (Phi) is 10.9. The van der Waals surface area contributed by atoms with Gasteiger partial charge in [-0.1, -0.05) is 12.2 Å². The summed E-state index contributed by atoms with van der Waals surface area (Å²) in [6.07, 6.45) is 6.27. The standard InChI is InChI=1S/C26H36F2O7/c27-18-6-10-22(28)25(13-18)35-16-19(30)7-9-20-21-8-5-17(15-34-24(21)14-23(20)31)3-1-4-26(32)33-12-2-11-29/h6-7,9-10,13,17,19-21,23-24,29-31H,1-5,8,11-12,14-16H2/b9-7+/t17-,19+,20+,21+,23+,24-/m0/s1. The van der Waals surface area contributed by atoms with E-state index in [1.807, 2.05) is 0 Å². The number of benzene rings is 1. The van der Waals surface area contributed by atoms with Crippen molar-refractivity contribution in [3.8, 4) is 5.75 Å². The minimum Gasteiger partial charge on any atom is -0.487 e. The van der Waals surface area contributed by atoms with E-state index in [9.17, 15) is 23.8 Å². The monoisotopic (exact) mass is 498 g/mol. The Hall–Kier alpha value is -2.07. The predicted octanol–water partition coefficient (Wildman–Crippen LogP) is 3.15. The number of rotatable bonds is 12. The van der Waals surface area contributed by atoms with Gasteiger partial charge in [-0.05, 0) is 49.7 Å². The van der Waals surface area contributed by atoms with Crippen molar-refractivity contribution >= 4 is 5.97 Å². The Morgan fingerprint density at radius 1 is 1.26 bits per heavy atom. The van der Waals surface area contributed by atoms with Gasteiger partial charge in [0.15, 0.2) is 11.6 Å². The van der Waals surface area contributed by atoms with Gasteiger partial charge in [0.25, 0.3) is 0 Å². The average Bonchev–Trinajstić information content (AvgIpc) is 2.99. The van der Waals surface area contributed by atoms with Crippen LogP contribution in [0.1, 0.15) is 44.9 Å². The number of halogens is 2. The molecule has 7 nitrogen and oxygen atoms in total. The van der Waals surface area contributed by atoms with Crippen molar-refractivity contribution < 1.29 is 43.1 Å². The molecule has 0 bridgehead atoms. The number of esters is 1. The highest BCUT2D eigenvalue weighted by Crippen LogP contribution is 2.42. The molecule has 0 radical (unpaired) electrons. The number of hydrogen-bond acceptors (Lipinski definition) is 7. The van der Waals surface area contributed by atoms with E-state index in [4.69, 9.17) is 19.3 Å². The second kappa shape index (κ2) is 13.9. The molecule has 2 fully saturated rings. The third-order valence-electron chi connectivity index (χ3n) is 6.76. The van der Waals surface area contributed by atoms with Gasteiger partial charge < -0.3 is 29.5 Å². The van der Waals surface area contributed by atoms with Crippen LogP contribution in [0.3, 0.4) is 0 Å². The molecule has 2 aliphatic rings. The van der Waals surface area contributed by atoms with Gasteiger partial charge in [0.05, 0.1) is 18.8 Å². The lowest BCUT2D eigenvalue weighted by Gasteiger charge is -2.21. The fraction of sp³-hybridized carbons (Fsp3) is 0.654. The Morgan fingerprint density at radius 3 is 2.89 bits per heavy atom. The number of aliphatic hydroxyl groups is 3. The molecule has 0 spiro atoms. The van der Waals surface area contributed by atoms with Gasteiger partial charge in [0.1, 0.15) is 18.5 Å². The van der Waals surface area contributed by atoms with Gasteiger partial charge in [-0.2, -0.15) is 0 Å². The molecule has 0 unspecified atom stereocenters. The summed E-state index contributed by atoms with van der Waals surface area (Å²) in [4.78, 5) is 11.7. The normalized spacial score (nSPS) is 27.4. The van der Waals surface area contributed by atoms with Crippen molar-refractivity contribution in [2.45, 2.75) is 63.3 Å². The molecular weight excluding hydrogens is 462 g/mol. The van der Waals surface area contributed by atoms with Crippen LogP contribution >= 0.6 is 0 Å². The molecule has 0 aromatic heterocycles. The molecule has 1 heterocycles. The zero-order valence-corrected chi connectivity index (χ0v) is 19.9. The lowest BCUT2D eigenvalue weighted by atomic mass is 9.86. The molecule has 1 saturated carbocycles. The Balaban J connectivity index is 1.44. The molecular formula is C26H36F2O7. The third kappa shape index (κ3) is 8.52. The molecule has 35 heavy (non-hydrogen) atoms. The predicted molar refractivity (Wildman–Crippen MR) is 124 cm³/mol. The van der Waals surface area contributed by atoms with Gasteiger partial charge in [-0.3, -0.25) is 4.79 Å². The zero-order valence-electron chi connectivity index (χ0n) is 19.9. The van der Waals surface area contributed by atoms with Crippen molar-refractivity contribution in [3.63, 3.8) is 0 Å². The molecule has 1 aliphatic heterocycles. The third-order valence-corrected chi connectivity index (χ3v) is 6.76. The van der Waals surface area contributed by atoms with Crippen LogP contribution in [0.25, 0.3) is 0 Å². The topological polar surface area (TPSA) is 105 Å². The first-order valence-electron chi connectivity index (χ1n) is 12.4. The molecule has 9 heteroatoms. The summed E-state index contributed by atoms with van der Waals surface area (Å²) in [6.45, 7) is 0.584. The summed E-state index contributed by atoms with van der Waals surface area (Å²) in [6, 6.07) is 2.88. The van der Waals surface area contributed by atoms with Crippen molar-refractivity contribution in [1.29, 1.82) is 0 Å². The first kappa shape index (κ1) is 27.5. The minimum absolute atomic E-state index is 0.00153. The van der Waals surface area contributed by atoms with E-state index in [0.29, 0.717) is 38.2 Å². The van der Waals surface area contributed by atoms with E-state index in [1.165, 1.54) is 6.08 Å². The van der Waals surface area contributed by atoms with Crippen molar-refractivity contribution in [1.82, 2.24) is 0 Å². The fourth-order valence-electron chi connectivity index (χ4n) is 4.88. The Morgan fingerprint density at radius 2 is 2.09 bits per heavy atom. The quantitative estimate of drug-likeness (QED) is 0.231. The molecule has 1 aromatic carbocycles. The maximum atomic E-state index is 13.7. The number of carbonyl (C=O) groups is 1. The lowest BCUT2D eigenvalue weighted by Crippen LogP contribution is -2.22. The summed E-state index contributed by atoms with van der Waals surface area (Å²) in [5.74, 6) is -1.59. The largest absolute Gasteiger partial charge is 0.487 e. The number of hydrogen-bond donors (Lipinski definition) is 3. The highest BCUT2D eigenvalue weighted by molar-refractivity contribution is 5.69. The number of carbonyl (C=O) groups excluding carboxylic acids is 1. The zero-order chi connectivity index (χ0) is 25.2. The van der Waals surface area contributed by atoms with Crippen molar-refractivity contribution in [3.05, 3.63) is 42.0 Å². The van der Waals surface area contributed by atoms with Gasteiger partial charge in [0.2, 0.25) is 0 Å². The molecule has 0 amide bonds. The van der Waals surface area contributed by atoms with E-state index < -0.39 is 23.8 Å². The summed E-state index contributed by atoms with van der Waals surface area (Å²) >= 11 is 0. The molecule has 1 aromatic rings. The van der Waals surface area contributed by atoms with Gasteiger partial charge >= 0.3 is 5.97 Å². The Labute approximate surface area is 204 Å². The summed E-state index contributed by atoms with van der Waals surface area (Å²) in [5.41, 5.74) is 0. The fourth-order valence-corrected chi connectivity index (χ4v) is 4.88. The molecule has 1 saturated heterocycles. The van der Waals surface area contributed by atoms with Crippen LogP contribution in [0.2, 0.25) is 0 Å². The number of fused-ring (bicyclic) bond motifs is 1. The first-order chi connectivity index (χ1) is 16.9. The molecule has 1 aliphatic carbocycles. The second-order valence-electron chi connectivity index (χ2n) is 9.39.